The second-order valence-electron chi connectivity index (χ2n) is 9.99. The Balaban J connectivity index is 0.000000157. The summed E-state index contributed by atoms with van der Waals surface area (Å²) in [6.45, 7) is 1.70. The Labute approximate surface area is 253 Å². The van der Waals surface area contributed by atoms with Gasteiger partial charge < -0.3 is 24.4 Å². The molecule has 1 fully saturated rings. The Morgan fingerprint density at radius 2 is 1.50 bits per heavy atom. The normalized spacial score (nSPS) is 12.4. The molecule has 1 aliphatic heterocycles. The summed E-state index contributed by atoms with van der Waals surface area (Å²) in [5.74, 6) is 5.11. The Hall–Kier alpha value is -5.39. The summed E-state index contributed by atoms with van der Waals surface area (Å²) in [4.78, 5) is 20.4. The van der Waals surface area contributed by atoms with Gasteiger partial charge in [0.2, 0.25) is 11.6 Å². The van der Waals surface area contributed by atoms with Crippen molar-refractivity contribution in [2.75, 3.05) is 57.9 Å². The van der Waals surface area contributed by atoms with Crippen molar-refractivity contribution >= 4 is 23.2 Å². The number of methoxy groups -OCH3 is 2. The van der Waals surface area contributed by atoms with Gasteiger partial charge in [0.05, 0.1) is 25.6 Å². The number of alkyl halides is 1. The van der Waals surface area contributed by atoms with Crippen LogP contribution in [0, 0.1) is 0 Å². The number of halogens is 1. The minimum atomic E-state index is -0.505. The van der Waals surface area contributed by atoms with Crippen LogP contribution in [0.25, 0.3) is 34.1 Å². The molecule has 11 nitrogen and oxygen atoms in total. The SMILES string of the molecule is CNc1ccn2cc(-c3cccc(OCCF)c3)nc2n1.COc1ccc(-c2cn3ccc(N4CCC4)nc3n2)cc1OC. The first kappa shape index (κ1) is 28.7. The van der Waals surface area contributed by atoms with Crippen molar-refractivity contribution in [3.8, 4) is 39.8 Å². The van der Waals surface area contributed by atoms with Crippen molar-refractivity contribution in [3.63, 3.8) is 0 Å². The first-order valence-electron chi connectivity index (χ1n) is 14.2. The first-order chi connectivity index (χ1) is 21.6. The van der Waals surface area contributed by atoms with Crippen LogP contribution in [0.2, 0.25) is 0 Å². The van der Waals surface area contributed by atoms with Crippen LogP contribution in [0.15, 0.2) is 79.4 Å². The fraction of sp³-hybridized carbons (Fsp3) is 0.250. The van der Waals surface area contributed by atoms with Gasteiger partial charge in [0, 0.05) is 56.1 Å². The van der Waals surface area contributed by atoms with E-state index in [0.717, 1.165) is 47.2 Å². The molecule has 0 saturated carbocycles. The lowest BCUT2D eigenvalue weighted by molar-refractivity contribution is 0.273. The number of benzene rings is 2. The van der Waals surface area contributed by atoms with Gasteiger partial charge in [-0.2, -0.15) is 9.97 Å². The van der Waals surface area contributed by atoms with E-state index in [1.54, 1.807) is 20.3 Å². The summed E-state index contributed by atoms with van der Waals surface area (Å²) >= 11 is 0. The van der Waals surface area contributed by atoms with Gasteiger partial charge in [-0.15, -0.1) is 0 Å². The molecule has 1 saturated heterocycles. The largest absolute Gasteiger partial charge is 0.493 e. The molecule has 0 aliphatic carbocycles. The minimum absolute atomic E-state index is 0.0572. The maximum absolute atomic E-state index is 12.2. The lowest BCUT2D eigenvalue weighted by atomic mass is 10.1. The highest BCUT2D eigenvalue weighted by Crippen LogP contribution is 2.32. The number of fused-ring (bicyclic) bond motifs is 2. The number of ether oxygens (including phenoxy) is 3. The lowest BCUT2D eigenvalue weighted by Crippen LogP contribution is -2.37. The molecule has 6 aromatic rings. The molecule has 1 N–H and O–H groups in total. The molecule has 44 heavy (non-hydrogen) atoms. The van der Waals surface area contributed by atoms with Crippen LogP contribution in [0.3, 0.4) is 0 Å². The third-order valence-corrected chi connectivity index (χ3v) is 7.23. The van der Waals surface area contributed by atoms with Crippen LogP contribution in [-0.4, -0.2) is 76.4 Å². The molecule has 0 spiro atoms. The number of nitrogens with one attached hydrogen (secondary N) is 1. The topological polar surface area (TPSA) is 103 Å². The van der Waals surface area contributed by atoms with Crippen molar-refractivity contribution in [1.29, 1.82) is 0 Å². The number of hydrogen-bond donors (Lipinski definition) is 1. The van der Waals surface area contributed by atoms with Crippen molar-refractivity contribution in [2.45, 2.75) is 6.42 Å². The van der Waals surface area contributed by atoms with Crippen LogP contribution < -0.4 is 24.4 Å². The van der Waals surface area contributed by atoms with E-state index in [2.05, 4.69) is 30.2 Å². The van der Waals surface area contributed by atoms with Gasteiger partial charge in [-0.25, -0.2) is 14.4 Å². The molecule has 0 unspecified atom stereocenters. The lowest BCUT2D eigenvalue weighted by Gasteiger charge is -2.31. The zero-order valence-electron chi connectivity index (χ0n) is 24.8. The monoisotopic (exact) mass is 596 g/mol. The number of hydrogen-bond acceptors (Lipinski definition) is 9. The standard InChI is InChI=1S/C17H18N4O2.C15H15FN4O/c1-22-14-5-4-12(10-15(14)23-2)13-11-21-9-6-16(19-17(21)18-13)20-7-3-8-20;1-17-14-5-7-20-10-13(18-15(20)19-14)11-3-2-4-12(9-11)21-8-6-16/h4-6,9-11H,3,7-8H2,1-2H3;2-5,7,9-10H,6,8H2,1H3,(H,17,18,19). The highest BCUT2D eigenvalue weighted by Gasteiger charge is 2.17. The van der Waals surface area contributed by atoms with Gasteiger partial charge in [-0.3, -0.25) is 8.80 Å². The van der Waals surface area contributed by atoms with Gasteiger partial charge >= 0.3 is 0 Å². The highest BCUT2D eigenvalue weighted by atomic mass is 19.1. The van der Waals surface area contributed by atoms with Crippen LogP contribution in [0.1, 0.15) is 6.42 Å². The van der Waals surface area contributed by atoms with Gasteiger partial charge in [-0.1, -0.05) is 12.1 Å². The summed E-state index contributed by atoms with van der Waals surface area (Å²) in [6.07, 6.45) is 9.01. The van der Waals surface area contributed by atoms with Crippen molar-refractivity contribution in [2.24, 2.45) is 0 Å². The summed E-state index contributed by atoms with van der Waals surface area (Å²) < 4.78 is 31.9. The Morgan fingerprint density at radius 1 is 0.795 bits per heavy atom. The van der Waals surface area contributed by atoms with E-state index in [1.165, 1.54) is 6.42 Å². The number of anilines is 2. The second-order valence-corrected chi connectivity index (χ2v) is 9.99. The molecule has 0 amide bonds. The molecule has 0 bridgehead atoms. The summed E-state index contributed by atoms with van der Waals surface area (Å²) in [5, 5.41) is 2.98. The fourth-order valence-electron chi connectivity index (χ4n) is 4.77. The number of nitrogens with zero attached hydrogens (tertiary/aromatic N) is 7. The highest BCUT2D eigenvalue weighted by molar-refractivity contribution is 5.66. The molecule has 7 rings (SSSR count). The summed E-state index contributed by atoms with van der Waals surface area (Å²) in [6, 6.07) is 17.1. The maximum Gasteiger partial charge on any atom is 0.236 e. The molecule has 5 heterocycles. The minimum Gasteiger partial charge on any atom is -0.493 e. The number of aromatic nitrogens is 6. The first-order valence-corrected chi connectivity index (χ1v) is 14.2. The van der Waals surface area contributed by atoms with Gasteiger partial charge in [0.25, 0.3) is 0 Å². The van der Waals surface area contributed by atoms with Crippen molar-refractivity contribution < 1.29 is 18.6 Å². The summed E-state index contributed by atoms with van der Waals surface area (Å²) in [5.41, 5.74) is 3.53. The van der Waals surface area contributed by atoms with E-state index in [4.69, 9.17) is 14.2 Å². The van der Waals surface area contributed by atoms with Gasteiger partial charge in [0.1, 0.15) is 30.7 Å². The van der Waals surface area contributed by atoms with Crippen molar-refractivity contribution in [1.82, 2.24) is 28.7 Å². The predicted octanol–water partition coefficient (Wildman–Crippen LogP) is 5.41. The Morgan fingerprint density at radius 3 is 2.16 bits per heavy atom. The molecular formula is C32H33FN8O3. The fourth-order valence-corrected chi connectivity index (χ4v) is 4.77. The van der Waals surface area contributed by atoms with E-state index in [0.29, 0.717) is 28.8 Å². The average molecular weight is 597 g/mol. The molecule has 1 aliphatic rings. The molecule has 0 atom stereocenters. The maximum atomic E-state index is 12.2. The van der Waals surface area contributed by atoms with E-state index in [-0.39, 0.29) is 6.61 Å². The molecular weight excluding hydrogens is 563 g/mol. The Kier molecular flexibility index (Phi) is 8.39. The van der Waals surface area contributed by atoms with Crippen LogP contribution in [-0.2, 0) is 0 Å². The number of rotatable bonds is 9. The molecule has 2 aromatic carbocycles. The quantitative estimate of drug-likeness (QED) is 0.235. The molecule has 12 heteroatoms. The zero-order chi connectivity index (χ0) is 30.5. The number of imidazole rings is 2. The van der Waals surface area contributed by atoms with E-state index in [9.17, 15) is 4.39 Å². The summed E-state index contributed by atoms with van der Waals surface area (Å²) in [7, 11) is 5.07. The third-order valence-electron chi connectivity index (χ3n) is 7.23. The van der Waals surface area contributed by atoms with Crippen LogP contribution in [0.4, 0.5) is 16.0 Å². The van der Waals surface area contributed by atoms with Gasteiger partial charge in [-0.05, 0) is 48.9 Å². The Bertz CT molecular complexity index is 1880. The average Bonchev–Trinajstić information content (AvgIpc) is 3.67. The van der Waals surface area contributed by atoms with Gasteiger partial charge in [0.15, 0.2) is 11.5 Å². The molecule has 226 valence electrons. The van der Waals surface area contributed by atoms with E-state index >= 15 is 0 Å². The van der Waals surface area contributed by atoms with E-state index < -0.39 is 6.67 Å². The molecule has 0 radical (unpaired) electrons. The van der Waals surface area contributed by atoms with Crippen molar-refractivity contribution in [3.05, 3.63) is 79.4 Å². The van der Waals surface area contributed by atoms with Crippen LogP contribution in [0.5, 0.6) is 17.2 Å². The predicted molar refractivity (Wildman–Crippen MR) is 168 cm³/mol. The molecule has 4 aromatic heterocycles. The smallest absolute Gasteiger partial charge is 0.236 e. The third kappa shape index (κ3) is 6.05. The van der Waals surface area contributed by atoms with E-state index in [1.807, 2.05) is 89.2 Å². The zero-order valence-corrected chi connectivity index (χ0v) is 24.8. The van der Waals surface area contributed by atoms with Crippen LogP contribution >= 0.6 is 0 Å². The second kappa shape index (κ2) is 12.9.